The zero-order valence-corrected chi connectivity index (χ0v) is 8.98. The molecule has 2 aromatic rings. The Hall–Kier alpha value is -1.58. The van der Waals surface area contributed by atoms with Gasteiger partial charge in [-0.3, -0.25) is 0 Å². The second kappa shape index (κ2) is 4.60. The highest BCUT2D eigenvalue weighted by molar-refractivity contribution is 5.44. The van der Waals surface area contributed by atoms with Gasteiger partial charge in [0.25, 0.3) is 0 Å². The number of aromatic nitrogens is 3. The van der Waals surface area contributed by atoms with E-state index in [4.69, 9.17) is 4.74 Å². The molecule has 0 aliphatic carbocycles. The van der Waals surface area contributed by atoms with Crippen LogP contribution < -0.4 is 4.74 Å². The van der Waals surface area contributed by atoms with Crippen LogP contribution in [-0.4, -0.2) is 21.7 Å². The van der Waals surface area contributed by atoms with E-state index in [-0.39, 0.29) is 0 Å². The van der Waals surface area contributed by atoms with Crippen LogP contribution in [0.2, 0.25) is 0 Å². The number of rotatable bonds is 1. The van der Waals surface area contributed by atoms with Gasteiger partial charge in [0, 0.05) is 18.5 Å². The first-order valence-electron chi connectivity index (χ1n) is 4.66. The summed E-state index contributed by atoms with van der Waals surface area (Å²) in [6, 6.07) is 1.86. The van der Waals surface area contributed by atoms with Gasteiger partial charge in [-0.1, -0.05) is 13.8 Å². The Morgan fingerprint density at radius 1 is 1.36 bits per heavy atom. The Morgan fingerprint density at radius 3 is 2.71 bits per heavy atom. The van der Waals surface area contributed by atoms with E-state index < -0.39 is 0 Å². The molecule has 0 spiro atoms. The molecule has 4 nitrogen and oxygen atoms in total. The van der Waals surface area contributed by atoms with Gasteiger partial charge in [-0.25, -0.2) is 9.50 Å². The zero-order valence-electron chi connectivity index (χ0n) is 8.98. The van der Waals surface area contributed by atoms with Crippen molar-refractivity contribution in [2.75, 3.05) is 7.11 Å². The third-order valence-electron chi connectivity index (χ3n) is 1.74. The van der Waals surface area contributed by atoms with Crippen molar-refractivity contribution in [2.24, 2.45) is 0 Å². The smallest absolute Gasteiger partial charge is 0.157 e. The van der Waals surface area contributed by atoms with Crippen molar-refractivity contribution < 1.29 is 4.74 Å². The average molecular weight is 193 g/mol. The van der Waals surface area contributed by atoms with Crippen LogP contribution in [0.15, 0.2) is 18.5 Å². The van der Waals surface area contributed by atoms with Crippen LogP contribution in [0.1, 0.15) is 19.5 Å². The predicted octanol–water partition coefficient (Wildman–Crippen LogP) is 2.07. The summed E-state index contributed by atoms with van der Waals surface area (Å²) >= 11 is 0. The molecule has 0 saturated carbocycles. The van der Waals surface area contributed by atoms with Crippen molar-refractivity contribution in [1.82, 2.24) is 14.6 Å². The van der Waals surface area contributed by atoms with Crippen LogP contribution in [0.4, 0.5) is 0 Å². The van der Waals surface area contributed by atoms with E-state index in [0.717, 1.165) is 17.1 Å². The Morgan fingerprint density at radius 2 is 2.07 bits per heavy atom. The van der Waals surface area contributed by atoms with Gasteiger partial charge in [-0.05, 0) is 6.92 Å². The molecule has 0 aromatic carbocycles. The highest BCUT2D eigenvalue weighted by Crippen LogP contribution is 2.15. The first-order valence-corrected chi connectivity index (χ1v) is 4.66. The molecule has 0 saturated heterocycles. The first-order chi connectivity index (χ1) is 6.81. The molecule has 0 amide bonds. The second-order valence-electron chi connectivity index (χ2n) is 2.53. The van der Waals surface area contributed by atoms with Crippen molar-refractivity contribution in [1.29, 1.82) is 0 Å². The minimum Gasteiger partial charge on any atom is -0.495 e. The van der Waals surface area contributed by atoms with Crippen molar-refractivity contribution in [3.05, 3.63) is 24.2 Å². The summed E-state index contributed by atoms with van der Waals surface area (Å²) in [6.07, 6.45) is 3.52. The number of fused-ring (bicyclic) bond motifs is 1. The number of methoxy groups -OCH3 is 1. The lowest BCUT2D eigenvalue weighted by Gasteiger charge is -2.02. The first kappa shape index (κ1) is 10.5. The lowest BCUT2D eigenvalue weighted by Crippen LogP contribution is -1.96. The van der Waals surface area contributed by atoms with E-state index in [1.54, 1.807) is 17.8 Å². The standard InChI is InChI=1S/C8H9N3O.C2H6/c1-6-7(12-2)5-8-9-3-4-11(8)10-6;1-2/h3-5H,1-2H3;1-2H3. The Balaban J connectivity index is 0.000000461. The second-order valence-corrected chi connectivity index (χ2v) is 2.53. The summed E-state index contributed by atoms with van der Waals surface area (Å²) < 4.78 is 6.83. The van der Waals surface area contributed by atoms with E-state index in [1.807, 2.05) is 33.0 Å². The molecule has 2 rings (SSSR count). The third kappa shape index (κ3) is 1.84. The highest BCUT2D eigenvalue weighted by Gasteiger charge is 2.02. The topological polar surface area (TPSA) is 39.4 Å². The quantitative estimate of drug-likeness (QED) is 0.696. The number of ether oxygens (including phenoxy) is 1. The molecular weight excluding hydrogens is 178 g/mol. The fourth-order valence-corrected chi connectivity index (χ4v) is 1.14. The maximum absolute atomic E-state index is 5.11. The molecule has 0 radical (unpaired) electrons. The Bertz CT molecular complexity index is 409. The number of aryl methyl sites for hydroxylation is 1. The van der Waals surface area contributed by atoms with Gasteiger partial charge in [0.15, 0.2) is 5.65 Å². The maximum atomic E-state index is 5.11. The van der Waals surface area contributed by atoms with Crippen LogP contribution in [-0.2, 0) is 0 Å². The lowest BCUT2D eigenvalue weighted by atomic mass is 10.4. The zero-order chi connectivity index (χ0) is 10.6. The normalized spacial score (nSPS) is 9.43. The van der Waals surface area contributed by atoms with Crippen molar-refractivity contribution in [3.8, 4) is 5.75 Å². The largest absolute Gasteiger partial charge is 0.495 e. The van der Waals surface area contributed by atoms with E-state index in [2.05, 4.69) is 10.1 Å². The highest BCUT2D eigenvalue weighted by atomic mass is 16.5. The minimum absolute atomic E-state index is 0.772. The van der Waals surface area contributed by atoms with Gasteiger partial charge in [0.1, 0.15) is 11.4 Å². The molecule has 0 atom stereocenters. The van der Waals surface area contributed by atoms with Gasteiger partial charge in [-0.15, -0.1) is 0 Å². The molecule has 0 N–H and O–H groups in total. The van der Waals surface area contributed by atoms with Gasteiger partial charge >= 0.3 is 0 Å². The summed E-state index contributed by atoms with van der Waals surface area (Å²) in [7, 11) is 1.63. The summed E-state index contributed by atoms with van der Waals surface area (Å²) in [4.78, 5) is 4.09. The molecule has 2 aromatic heterocycles. The SMILES string of the molecule is CC.COc1cc2nccn2nc1C. The number of nitrogens with zero attached hydrogens (tertiary/aromatic N) is 3. The number of hydrogen-bond donors (Lipinski definition) is 0. The number of hydrogen-bond acceptors (Lipinski definition) is 3. The average Bonchev–Trinajstić information content (AvgIpc) is 2.66. The summed E-state index contributed by atoms with van der Waals surface area (Å²) in [6.45, 7) is 5.90. The molecule has 0 aliphatic rings. The molecule has 2 heterocycles. The molecule has 0 fully saturated rings. The van der Waals surface area contributed by atoms with E-state index in [9.17, 15) is 0 Å². The van der Waals surface area contributed by atoms with Crippen LogP contribution in [0.25, 0.3) is 5.65 Å². The van der Waals surface area contributed by atoms with Gasteiger partial charge in [0.05, 0.1) is 7.11 Å². The molecule has 14 heavy (non-hydrogen) atoms. The lowest BCUT2D eigenvalue weighted by molar-refractivity contribution is 0.407. The molecule has 0 unspecified atom stereocenters. The van der Waals surface area contributed by atoms with Gasteiger partial charge in [0.2, 0.25) is 0 Å². The molecule has 4 heteroatoms. The van der Waals surface area contributed by atoms with E-state index in [1.165, 1.54) is 0 Å². The van der Waals surface area contributed by atoms with Crippen LogP contribution in [0.5, 0.6) is 5.75 Å². The van der Waals surface area contributed by atoms with Crippen molar-refractivity contribution in [2.45, 2.75) is 20.8 Å². The minimum atomic E-state index is 0.772. The Kier molecular flexibility index (Phi) is 3.45. The molecule has 0 aliphatic heterocycles. The van der Waals surface area contributed by atoms with Gasteiger partial charge < -0.3 is 4.74 Å². The molecule has 76 valence electrons. The van der Waals surface area contributed by atoms with Gasteiger partial charge in [-0.2, -0.15) is 5.10 Å². The summed E-state index contributed by atoms with van der Waals surface area (Å²) in [5.74, 6) is 0.772. The predicted molar refractivity (Wildman–Crippen MR) is 55.6 cm³/mol. The Labute approximate surface area is 83.5 Å². The maximum Gasteiger partial charge on any atom is 0.157 e. The summed E-state index contributed by atoms with van der Waals surface area (Å²) in [5.41, 5.74) is 1.67. The van der Waals surface area contributed by atoms with Crippen molar-refractivity contribution in [3.63, 3.8) is 0 Å². The molecule has 0 bridgehead atoms. The van der Waals surface area contributed by atoms with Crippen LogP contribution >= 0.6 is 0 Å². The van der Waals surface area contributed by atoms with E-state index in [0.29, 0.717) is 0 Å². The number of imidazole rings is 1. The van der Waals surface area contributed by atoms with Crippen LogP contribution in [0, 0.1) is 6.92 Å². The third-order valence-corrected chi connectivity index (χ3v) is 1.74. The fourth-order valence-electron chi connectivity index (χ4n) is 1.14. The monoisotopic (exact) mass is 193 g/mol. The van der Waals surface area contributed by atoms with Crippen LogP contribution in [0.3, 0.4) is 0 Å². The van der Waals surface area contributed by atoms with Crippen molar-refractivity contribution >= 4 is 5.65 Å². The molecular formula is C10H15N3O. The van der Waals surface area contributed by atoms with E-state index >= 15 is 0 Å². The fraction of sp³-hybridized carbons (Fsp3) is 0.400. The summed E-state index contributed by atoms with van der Waals surface area (Å²) in [5, 5.41) is 4.24.